The van der Waals surface area contributed by atoms with Gasteiger partial charge in [0.15, 0.2) is 0 Å². The first-order chi connectivity index (χ1) is 10.7. The van der Waals surface area contributed by atoms with Gasteiger partial charge in [0.05, 0.1) is 5.69 Å². The molecule has 0 amide bonds. The number of hydrogen-bond donors (Lipinski definition) is 0. The van der Waals surface area contributed by atoms with E-state index in [0.29, 0.717) is 8.19 Å². The molecule has 0 aliphatic heterocycles. The average Bonchev–Trinajstić information content (AvgIpc) is 2.85. The lowest BCUT2D eigenvalue weighted by atomic mass is 10.1. The number of aliphatic imine (C=N–C) groups is 1. The highest BCUT2D eigenvalue weighted by Gasteiger charge is 2.13. The monoisotopic (exact) mass is 305 g/mol. The molecule has 1 nitrogen and oxygen atoms in total. The Morgan fingerprint density at radius 2 is 1.41 bits per heavy atom. The van der Waals surface area contributed by atoms with Crippen molar-refractivity contribution in [1.29, 1.82) is 0 Å². The summed E-state index contributed by atoms with van der Waals surface area (Å²) in [6.45, 7) is 6.57. The van der Waals surface area contributed by atoms with Crippen LogP contribution >= 0.6 is 8.19 Å². The standard InChI is InChI=1S/C20H20NP/c1-14-15(2)20(17-10-6-4-7-11-17)22-19(14)16(3)21-18-12-8-5-9-13-18/h4-13,22H,1-3H3. The number of rotatable bonds is 3. The van der Waals surface area contributed by atoms with Crippen LogP contribution in [0.1, 0.15) is 23.3 Å². The SMILES string of the molecule is CC(=Nc1ccccc1)c1[pH]c(-c2ccccc2)c(C)c1C. The molecule has 1 unspecified atom stereocenters. The van der Waals surface area contributed by atoms with Gasteiger partial charge in [0.1, 0.15) is 0 Å². The van der Waals surface area contributed by atoms with Crippen molar-refractivity contribution in [3.63, 3.8) is 0 Å². The van der Waals surface area contributed by atoms with Gasteiger partial charge in [0.25, 0.3) is 0 Å². The van der Waals surface area contributed by atoms with Crippen molar-refractivity contribution in [3.8, 4) is 10.9 Å². The van der Waals surface area contributed by atoms with E-state index in [1.54, 1.807) is 0 Å². The van der Waals surface area contributed by atoms with Crippen LogP contribution < -0.4 is 0 Å². The van der Waals surface area contributed by atoms with E-state index in [2.05, 4.69) is 63.2 Å². The molecule has 1 atom stereocenters. The first-order valence-corrected chi connectivity index (χ1v) is 8.52. The molecule has 0 spiro atoms. The van der Waals surface area contributed by atoms with Crippen molar-refractivity contribution in [2.75, 3.05) is 0 Å². The third-order valence-electron chi connectivity index (χ3n) is 4.04. The van der Waals surface area contributed by atoms with Crippen LogP contribution in [0, 0.1) is 13.8 Å². The fraction of sp³-hybridized carbons (Fsp3) is 0.150. The number of hydrogen-bond acceptors (Lipinski definition) is 1. The Bertz CT molecular complexity index is 798. The predicted molar refractivity (Wildman–Crippen MR) is 99.2 cm³/mol. The Balaban J connectivity index is 2.04. The molecule has 3 rings (SSSR count). The minimum Gasteiger partial charge on any atom is -0.253 e. The molecule has 3 aromatic rings. The molecule has 0 radical (unpaired) electrons. The zero-order valence-corrected chi connectivity index (χ0v) is 14.2. The lowest BCUT2D eigenvalue weighted by Gasteiger charge is -2.01. The fourth-order valence-electron chi connectivity index (χ4n) is 2.69. The molecule has 2 aromatic carbocycles. The van der Waals surface area contributed by atoms with Crippen molar-refractivity contribution in [2.24, 2.45) is 4.99 Å². The zero-order chi connectivity index (χ0) is 15.5. The highest BCUT2D eigenvalue weighted by molar-refractivity contribution is 7.36. The molecule has 110 valence electrons. The Morgan fingerprint density at radius 3 is 2.05 bits per heavy atom. The topological polar surface area (TPSA) is 12.4 Å². The highest BCUT2D eigenvalue weighted by Crippen LogP contribution is 2.40. The summed E-state index contributed by atoms with van der Waals surface area (Å²) in [7, 11) is 0.689. The summed E-state index contributed by atoms with van der Waals surface area (Å²) < 4.78 is 0. The first-order valence-electron chi connectivity index (χ1n) is 7.52. The molecule has 1 heterocycles. The second-order valence-electron chi connectivity index (χ2n) is 5.52. The summed E-state index contributed by atoms with van der Waals surface area (Å²) in [5, 5.41) is 2.84. The summed E-state index contributed by atoms with van der Waals surface area (Å²) in [6, 6.07) is 20.9. The van der Waals surface area contributed by atoms with Gasteiger partial charge >= 0.3 is 0 Å². The van der Waals surface area contributed by atoms with Crippen LogP contribution in [0.4, 0.5) is 5.69 Å². The lowest BCUT2D eigenvalue weighted by Crippen LogP contribution is -1.92. The smallest absolute Gasteiger partial charge is 0.0633 e. The second-order valence-corrected chi connectivity index (χ2v) is 6.77. The first kappa shape index (κ1) is 14.8. The van der Waals surface area contributed by atoms with Crippen LogP contribution in [0.15, 0.2) is 65.7 Å². The van der Waals surface area contributed by atoms with Gasteiger partial charge in [-0.25, -0.2) is 0 Å². The fourth-order valence-corrected chi connectivity index (χ4v) is 4.24. The minimum absolute atomic E-state index is 0.689. The molecular formula is C20H20NP. The van der Waals surface area contributed by atoms with E-state index in [-0.39, 0.29) is 0 Å². The quantitative estimate of drug-likeness (QED) is 0.515. The molecule has 0 fully saturated rings. The van der Waals surface area contributed by atoms with Gasteiger partial charge in [-0.05, 0) is 49.6 Å². The largest absolute Gasteiger partial charge is 0.253 e. The molecule has 0 saturated carbocycles. The molecule has 2 heteroatoms. The van der Waals surface area contributed by atoms with Crippen molar-refractivity contribution in [2.45, 2.75) is 20.8 Å². The van der Waals surface area contributed by atoms with Crippen LogP contribution in [-0.2, 0) is 0 Å². The van der Waals surface area contributed by atoms with E-state index in [9.17, 15) is 0 Å². The molecule has 0 aliphatic rings. The van der Waals surface area contributed by atoms with Crippen molar-refractivity contribution in [3.05, 3.63) is 77.1 Å². The van der Waals surface area contributed by atoms with Gasteiger partial charge < -0.3 is 0 Å². The summed E-state index contributed by atoms with van der Waals surface area (Å²) in [6.07, 6.45) is 0. The molecule has 0 aliphatic carbocycles. The average molecular weight is 305 g/mol. The van der Waals surface area contributed by atoms with Gasteiger partial charge in [-0.1, -0.05) is 48.5 Å². The van der Waals surface area contributed by atoms with E-state index in [0.717, 1.165) is 11.4 Å². The lowest BCUT2D eigenvalue weighted by molar-refractivity contribution is 1.38. The summed E-state index contributed by atoms with van der Waals surface area (Å²) >= 11 is 0. The maximum absolute atomic E-state index is 4.79. The minimum atomic E-state index is 0.689. The Kier molecular flexibility index (Phi) is 4.27. The van der Waals surface area contributed by atoms with Crippen LogP contribution in [0.2, 0.25) is 0 Å². The van der Waals surface area contributed by atoms with Gasteiger partial charge in [-0.2, -0.15) is 0 Å². The van der Waals surface area contributed by atoms with Crippen LogP contribution in [0.25, 0.3) is 10.9 Å². The molecule has 0 N–H and O–H groups in total. The third kappa shape index (κ3) is 2.91. The highest BCUT2D eigenvalue weighted by atomic mass is 31.0. The Labute approximate surface area is 133 Å². The Morgan fingerprint density at radius 1 is 0.818 bits per heavy atom. The van der Waals surface area contributed by atoms with Crippen LogP contribution in [0.3, 0.4) is 0 Å². The molecule has 0 bridgehead atoms. The van der Waals surface area contributed by atoms with E-state index in [1.165, 1.54) is 27.3 Å². The van der Waals surface area contributed by atoms with E-state index in [1.807, 2.05) is 18.2 Å². The van der Waals surface area contributed by atoms with Crippen molar-refractivity contribution in [1.82, 2.24) is 0 Å². The van der Waals surface area contributed by atoms with Gasteiger partial charge in [-0.15, -0.1) is 8.19 Å². The van der Waals surface area contributed by atoms with Crippen LogP contribution in [-0.4, -0.2) is 5.71 Å². The van der Waals surface area contributed by atoms with Gasteiger partial charge in [-0.3, -0.25) is 4.99 Å². The van der Waals surface area contributed by atoms with Gasteiger partial charge in [0, 0.05) is 16.3 Å². The summed E-state index contributed by atoms with van der Waals surface area (Å²) in [5.74, 6) is 0. The molecular weight excluding hydrogens is 285 g/mol. The molecule has 0 saturated heterocycles. The second kappa shape index (κ2) is 6.34. The maximum Gasteiger partial charge on any atom is 0.0633 e. The Hall–Kier alpha value is -2.11. The van der Waals surface area contributed by atoms with Crippen molar-refractivity contribution < 1.29 is 0 Å². The number of para-hydroxylation sites is 1. The van der Waals surface area contributed by atoms with Crippen molar-refractivity contribution >= 4 is 19.6 Å². The summed E-state index contributed by atoms with van der Waals surface area (Å²) in [4.78, 5) is 4.79. The zero-order valence-electron chi connectivity index (χ0n) is 13.2. The maximum atomic E-state index is 4.79. The molecule has 22 heavy (non-hydrogen) atoms. The van der Waals surface area contributed by atoms with Crippen LogP contribution in [0.5, 0.6) is 0 Å². The number of nitrogens with zero attached hydrogens (tertiary/aromatic N) is 1. The van der Waals surface area contributed by atoms with Gasteiger partial charge in [0.2, 0.25) is 0 Å². The number of benzene rings is 2. The van der Waals surface area contributed by atoms with E-state index >= 15 is 0 Å². The normalized spacial score (nSPS) is 12.0. The third-order valence-corrected chi connectivity index (χ3v) is 5.94. The predicted octanol–water partition coefficient (Wildman–Crippen LogP) is 6.14. The van der Waals surface area contributed by atoms with E-state index < -0.39 is 0 Å². The summed E-state index contributed by atoms with van der Waals surface area (Å²) in [5.41, 5.74) is 6.28. The van der Waals surface area contributed by atoms with E-state index in [4.69, 9.17) is 4.99 Å². The molecule has 1 aromatic heterocycles.